The molecule has 3 aromatic rings. The van der Waals surface area contributed by atoms with E-state index in [-0.39, 0.29) is 17.7 Å². The molecule has 2 N–H and O–H groups in total. The highest BCUT2D eigenvalue weighted by atomic mass is 16.5. The van der Waals surface area contributed by atoms with Gasteiger partial charge in [-0.1, -0.05) is 32.0 Å². The molecule has 212 valence electrons. The van der Waals surface area contributed by atoms with Gasteiger partial charge in [0.2, 0.25) is 0 Å². The van der Waals surface area contributed by atoms with Gasteiger partial charge >= 0.3 is 0 Å². The number of likely N-dealkylation sites (tertiary alicyclic amines) is 1. The highest BCUT2D eigenvalue weighted by Gasteiger charge is 2.37. The van der Waals surface area contributed by atoms with Crippen LogP contribution in [0.1, 0.15) is 49.0 Å². The lowest BCUT2D eigenvalue weighted by molar-refractivity contribution is -0.963. The molecule has 1 atom stereocenters. The normalized spacial score (nSPS) is 14.8. The summed E-state index contributed by atoms with van der Waals surface area (Å²) in [7, 11) is 3.07. The highest BCUT2D eigenvalue weighted by molar-refractivity contribution is 5.98. The number of nitrogens with one attached hydrogen (secondary N) is 2. The van der Waals surface area contributed by atoms with Crippen molar-refractivity contribution in [2.75, 3.05) is 27.3 Å². The van der Waals surface area contributed by atoms with Gasteiger partial charge < -0.3 is 19.5 Å². The van der Waals surface area contributed by atoms with Crippen LogP contribution in [-0.2, 0) is 11.3 Å². The smallest absolute Gasteiger partial charge is 0.287 e. The van der Waals surface area contributed by atoms with Crippen LogP contribution in [0.2, 0.25) is 0 Å². The molecule has 3 aromatic carbocycles. The van der Waals surface area contributed by atoms with Crippen molar-refractivity contribution in [3.63, 3.8) is 0 Å². The number of benzene rings is 3. The molecule has 1 heterocycles. The molecule has 0 radical (unpaired) electrons. The van der Waals surface area contributed by atoms with Crippen LogP contribution in [0.15, 0.2) is 72.8 Å². The van der Waals surface area contributed by atoms with E-state index in [0.29, 0.717) is 34.6 Å². The van der Waals surface area contributed by atoms with Gasteiger partial charge in [0.15, 0.2) is 11.5 Å². The number of methoxy groups -OCH3 is 2. The van der Waals surface area contributed by atoms with Crippen LogP contribution >= 0.6 is 0 Å². The van der Waals surface area contributed by atoms with Gasteiger partial charge in [0.25, 0.3) is 11.8 Å². The number of nitrogens with zero attached hydrogens (tertiary/aromatic N) is 1. The number of para-hydroxylation sites is 1. The Morgan fingerprint density at radius 2 is 1.50 bits per heavy atom. The fourth-order valence-electron chi connectivity index (χ4n) is 5.12. The number of carbonyl (C=O) groups is 2. The Labute approximate surface area is 236 Å². The molecular weight excluding hydrogens is 506 g/mol. The Hall–Kier alpha value is -4.04. The molecule has 8 heteroatoms. The average molecular weight is 547 g/mol. The molecule has 1 saturated heterocycles. The number of hydrogen-bond donors (Lipinski definition) is 2. The summed E-state index contributed by atoms with van der Waals surface area (Å²) in [6, 6.07) is 22.0. The number of ether oxygens (including phenoxy) is 3. The SMILES string of the molecule is COc1ccc(C(=O)N[C@@H](CC(C)C)C(=O)N[N+]2(Cc3ccc(Oc4ccccc4)cc3)CCCC2)cc1OC. The van der Waals surface area contributed by atoms with Crippen LogP contribution in [0.4, 0.5) is 0 Å². The molecule has 8 nitrogen and oxygen atoms in total. The molecular formula is C32H40N3O5+. The van der Waals surface area contributed by atoms with Gasteiger partial charge in [0.1, 0.15) is 37.2 Å². The predicted molar refractivity (Wildman–Crippen MR) is 154 cm³/mol. The van der Waals surface area contributed by atoms with E-state index in [2.05, 4.69) is 10.7 Å². The summed E-state index contributed by atoms with van der Waals surface area (Å²) < 4.78 is 17.0. The van der Waals surface area contributed by atoms with Crippen molar-refractivity contribution in [2.24, 2.45) is 5.92 Å². The summed E-state index contributed by atoms with van der Waals surface area (Å²) in [5, 5.41) is 2.96. The van der Waals surface area contributed by atoms with Crippen molar-refractivity contribution in [1.29, 1.82) is 0 Å². The first-order valence-corrected chi connectivity index (χ1v) is 13.8. The molecule has 0 spiro atoms. The largest absolute Gasteiger partial charge is 0.493 e. The molecule has 0 unspecified atom stereocenters. The van der Waals surface area contributed by atoms with Crippen molar-refractivity contribution < 1.29 is 28.4 Å². The van der Waals surface area contributed by atoms with E-state index in [0.717, 1.165) is 43.0 Å². The average Bonchev–Trinajstić information content (AvgIpc) is 3.41. The van der Waals surface area contributed by atoms with Gasteiger partial charge in [-0.2, -0.15) is 5.43 Å². The second-order valence-corrected chi connectivity index (χ2v) is 10.7. The molecule has 0 aliphatic carbocycles. The van der Waals surface area contributed by atoms with Crippen molar-refractivity contribution in [3.8, 4) is 23.0 Å². The number of quaternary nitrogens is 1. The lowest BCUT2D eigenvalue weighted by Gasteiger charge is -2.35. The van der Waals surface area contributed by atoms with Crippen molar-refractivity contribution in [3.05, 3.63) is 83.9 Å². The third-order valence-electron chi connectivity index (χ3n) is 7.13. The highest BCUT2D eigenvalue weighted by Crippen LogP contribution is 2.28. The summed E-state index contributed by atoms with van der Waals surface area (Å²) in [5.74, 6) is 2.26. The third kappa shape index (κ3) is 7.54. The fraction of sp³-hybridized carbons (Fsp3) is 0.375. The molecule has 4 rings (SSSR count). The Bertz CT molecular complexity index is 1270. The van der Waals surface area contributed by atoms with E-state index >= 15 is 0 Å². The third-order valence-corrected chi connectivity index (χ3v) is 7.13. The number of carbonyl (C=O) groups excluding carboxylic acids is 2. The molecule has 1 fully saturated rings. The van der Waals surface area contributed by atoms with Crippen LogP contribution in [0.5, 0.6) is 23.0 Å². The Kier molecular flexibility index (Phi) is 9.66. The minimum Gasteiger partial charge on any atom is -0.493 e. The van der Waals surface area contributed by atoms with Gasteiger partial charge in [0.05, 0.1) is 14.2 Å². The predicted octanol–water partition coefficient (Wildman–Crippen LogP) is 5.48. The lowest BCUT2D eigenvalue weighted by atomic mass is 10.0. The van der Waals surface area contributed by atoms with Crippen LogP contribution < -0.4 is 25.0 Å². The van der Waals surface area contributed by atoms with Crippen LogP contribution in [0, 0.1) is 5.92 Å². The first kappa shape index (κ1) is 29.0. The summed E-state index contributed by atoms with van der Waals surface area (Å²) >= 11 is 0. The second kappa shape index (κ2) is 13.3. The Morgan fingerprint density at radius 1 is 0.850 bits per heavy atom. The summed E-state index contributed by atoms with van der Waals surface area (Å²) in [5.41, 5.74) is 4.82. The summed E-state index contributed by atoms with van der Waals surface area (Å²) in [4.78, 5) is 26.8. The van der Waals surface area contributed by atoms with Gasteiger partial charge in [-0.15, -0.1) is 0 Å². The van der Waals surface area contributed by atoms with E-state index < -0.39 is 6.04 Å². The van der Waals surface area contributed by atoms with Gasteiger partial charge in [-0.3, -0.25) is 9.59 Å². The van der Waals surface area contributed by atoms with Crippen LogP contribution in [0.3, 0.4) is 0 Å². The maximum Gasteiger partial charge on any atom is 0.287 e. The van der Waals surface area contributed by atoms with E-state index in [1.807, 2.05) is 68.4 Å². The van der Waals surface area contributed by atoms with Crippen LogP contribution in [0.25, 0.3) is 0 Å². The minimum absolute atomic E-state index is 0.173. The first-order chi connectivity index (χ1) is 19.3. The summed E-state index contributed by atoms with van der Waals surface area (Å²) in [6.07, 6.45) is 2.58. The molecule has 1 aliphatic rings. The van der Waals surface area contributed by atoms with Crippen molar-refractivity contribution in [2.45, 2.75) is 45.7 Å². The molecule has 2 amide bonds. The first-order valence-electron chi connectivity index (χ1n) is 13.8. The molecule has 0 bridgehead atoms. The van der Waals surface area contributed by atoms with E-state index in [9.17, 15) is 9.59 Å². The standard InChI is InChI=1S/C32H39N3O5/c1-23(2)20-28(33-31(36)25-14-17-29(38-3)30(21-25)39-4)32(37)34-35(18-8-9-19-35)22-24-12-15-27(16-13-24)40-26-10-6-5-7-11-26/h5-7,10-17,21,23,28H,8-9,18-20,22H2,1-4H3,(H-,33,34,36,37)/p+1/t28-/m0/s1. The van der Waals surface area contributed by atoms with E-state index in [1.165, 1.54) is 7.11 Å². The van der Waals surface area contributed by atoms with Crippen molar-refractivity contribution >= 4 is 11.8 Å². The van der Waals surface area contributed by atoms with Gasteiger partial charge in [-0.25, -0.2) is 4.59 Å². The number of rotatable bonds is 12. The molecule has 0 saturated carbocycles. The molecule has 0 aromatic heterocycles. The zero-order valence-corrected chi connectivity index (χ0v) is 23.8. The molecule has 1 aliphatic heterocycles. The van der Waals surface area contributed by atoms with Crippen LogP contribution in [-0.4, -0.2) is 49.8 Å². The lowest BCUT2D eigenvalue weighted by Crippen LogP contribution is -2.62. The van der Waals surface area contributed by atoms with Crippen molar-refractivity contribution in [1.82, 2.24) is 10.7 Å². The van der Waals surface area contributed by atoms with E-state index in [4.69, 9.17) is 14.2 Å². The van der Waals surface area contributed by atoms with E-state index in [1.54, 1.807) is 25.3 Å². The number of amides is 2. The molecule has 40 heavy (non-hydrogen) atoms. The maximum absolute atomic E-state index is 13.7. The fourth-order valence-corrected chi connectivity index (χ4v) is 5.12. The topological polar surface area (TPSA) is 85.9 Å². The maximum atomic E-state index is 13.7. The van der Waals surface area contributed by atoms with Gasteiger partial charge in [0, 0.05) is 24.0 Å². The quantitative estimate of drug-likeness (QED) is 0.294. The Balaban J connectivity index is 1.45. The number of hydrogen-bond acceptors (Lipinski definition) is 5. The second-order valence-electron chi connectivity index (χ2n) is 10.7. The summed E-state index contributed by atoms with van der Waals surface area (Å²) in [6.45, 7) is 6.43. The minimum atomic E-state index is -0.669. The zero-order chi connectivity index (χ0) is 28.5. The Morgan fingerprint density at radius 3 is 2.12 bits per heavy atom. The van der Waals surface area contributed by atoms with Gasteiger partial charge in [-0.05, 0) is 66.9 Å². The zero-order valence-electron chi connectivity index (χ0n) is 23.8. The monoisotopic (exact) mass is 546 g/mol.